The molecule has 0 spiro atoms. The number of anilines is 1. The number of nitrogen functional groups attached to an aromatic ring is 1. The fraction of sp³-hybridized carbons (Fsp3) is 0. The van der Waals surface area contributed by atoms with Gasteiger partial charge in [-0.25, -0.2) is 9.97 Å². The van der Waals surface area contributed by atoms with Gasteiger partial charge in [0.2, 0.25) is 5.88 Å². The number of nitrogens with zero attached hydrogens (tertiary/aromatic N) is 2. The van der Waals surface area contributed by atoms with Crippen molar-refractivity contribution >= 4 is 39.2 Å². The van der Waals surface area contributed by atoms with Crippen molar-refractivity contribution in [2.24, 2.45) is 0 Å². The van der Waals surface area contributed by atoms with Gasteiger partial charge < -0.3 is 10.5 Å². The summed E-state index contributed by atoms with van der Waals surface area (Å²) >= 11 is 2.25. The second-order valence-corrected chi connectivity index (χ2v) is 5.26. The van der Waals surface area contributed by atoms with Crippen LogP contribution in [-0.2, 0) is 0 Å². The van der Waals surface area contributed by atoms with Crippen LogP contribution >= 0.6 is 22.6 Å². The number of ether oxygens (including phenoxy) is 1. The molecule has 0 saturated carbocycles. The molecule has 0 aliphatic rings. The van der Waals surface area contributed by atoms with Crippen molar-refractivity contribution < 1.29 is 4.74 Å². The molecular weight excluding hydrogens is 353 g/mol. The summed E-state index contributed by atoms with van der Waals surface area (Å²) in [5, 5.41) is 0.843. The van der Waals surface area contributed by atoms with Crippen molar-refractivity contribution in [2.75, 3.05) is 5.73 Å². The van der Waals surface area contributed by atoms with E-state index in [1.807, 2.05) is 36.4 Å². The molecule has 0 amide bonds. The predicted molar refractivity (Wildman–Crippen MR) is 83.2 cm³/mol. The molecule has 2 N–H and O–H groups in total. The zero-order valence-electron chi connectivity index (χ0n) is 9.88. The molecular formula is C14H10IN3O. The van der Waals surface area contributed by atoms with E-state index in [9.17, 15) is 0 Å². The van der Waals surface area contributed by atoms with Crippen LogP contribution in [0.4, 0.5) is 5.69 Å². The first-order valence-electron chi connectivity index (χ1n) is 5.66. The molecule has 2 aromatic carbocycles. The van der Waals surface area contributed by atoms with Gasteiger partial charge in [-0.05, 0) is 65.1 Å². The van der Waals surface area contributed by atoms with E-state index in [-0.39, 0.29) is 0 Å². The normalized spacial score (nSPS) is 10.6. The molecule has 3 rings (SSSR count). The van der Waals surface area contributed by atoms with Crippen LogP contribution < -0.4 is 10.5 Å². The van der Waals surface area contributed by atoms with E-state index < -0.39 is 0 Å². The fourth-order valence-electron chi connectivity index (χ4n) is 1.74. The number of aromatic nitrogens is 2. The lowest BCUT2D eigenvalue weighted by Crippen LogP contribution is -1.92. The number of nitrogens with two attached hydrogens (primary N) is 1. The monoisotopic (exact) mass is 363 g/mol. The summed E-state index contributed by atoms with van der Waals surface area (Å²) in [6, 6.07) is 13.3. The molecule has 4 nitrogen and oxygen atoms in total. The van der Waals surface area contributed by atoms with Gasteiger partial charge in [0.1, 0.15) is 12.1 Å². The SMILES string of the molecule is Nc1ccc2c(Oc3ccc(I)cc3)ncnc2c1. The van der Waals surface area contributed by atoms with Crippen molar-refractivity contribution in [3.63, 3.8) is 0 Å². The third-order valence-electron chi connectivity index (χ3n) is 2.65. The maximum Gasteiger partial charge on any atom is 0.230 e. The highest BCUT2D eigenvalue weighted by Crippen LogP contribution is 2.27. The van der Waals surface area contributed by atoms with Crippen molar-refractivity contribution in [1.29, 1.82) is 0 Å². The predicted octanol–water partition coefficient (Wildman–Crippen LogP) is 3.61. The lowest BCUT2D eigenvalue weighted by Gasteiger charge is -2.07. The molecule has 19 heavy (non-hydrogen) atoms. The Morgan fingerprint density at radius 3 is 2.58 bits per heavy atom. The molecule has 0 bridgehead atoms. The van der Waals surface area contributed by atoms with E-state index in [1.54, 1.807) is 6.07 Å². The number of rotatable bonds is 2. The van der Waals surface area contributed by atoms with Crippen LogP contribution in [0.5, 0.6) is 11.6 Å². The number of fused-ring (bicyclic) bond motifs is 1. The first kappa shape index (κ1) is 12.2. The maximum atomic E-state index is 5.79. The molecule has 0 radical (unpaired) electrons. The molecule has 0 atom stereocenters. The topological polar surface area (TPSA) is 61.0 Å². The number of hydrogen-bond acceptors (Lipinski definition) is 4. The number of hydrogen-bond donors (Lipinski definition) is 1. The first-order valence-corrected chi connectivity index (χ1v) is 6.74. The molecule has 0 saturated heterocycles. The van der Waals surface area contributed by atoms with E-state index in [4.69, 9.17) is 10.5 Å². The van der Waals surface area contributed by atoms with Gasteiger partial charge in [0.25, 0.3) is 0 Å². The van der Waals surface area contributed by atoms with Gasteiger partial charge in [-0.15, -0.1) is 0 Å². The average Bonchev–Trinajstić information content (AvgIpc) is 2.41. The van der Waals surface area contributed by atoms with Gasteiger partial charge >= 0.3 is 0 Å². The summed E-state index contributed by atoms with van der Waals surface area (Å²) in [7, 11) is 0. The Hall–Kier alpha value is -1.89. The first-order chi connectivity index (χ1) is 9.22. The zero-order chi connectivity index (χ0) is 13.2. The van der Waals surface area contributed by atoms with Crippen molar-refractivity contribution in [1.82, 2.24) is 9.97 Å². The average molecular weight is 363 g/mol. The molecule has 0 unspecified atom stereocenters. The standard InChI is InChI=1S/C14H10IN3O/c15-9-1-4-11(5-2-9)19-14-12-6-3-10(16)7-13(12)17-8-18-14/h1-8H,16H2. The Morgan fingerprint density at radius 2 is 1.79 bits per heavy atom. The van der Waals surface area contributed by atoms with Crippen LogP contribution in [0, 0.1) is 3.57 Å². The Kier molecular flexibility index (Phi) is 3.20. The van der Waals surface area contributed by atoms with Crippen LogP contribution in [0.25, 0.3) is 10.9 Å². The highest BCUT2D eigenvalue weighted by Gasteiger charge is 2.06. The van der Waals surface area contributed by atoms with Crippen molar-refractivity contribution in [3.8, 4) is 11.6 Å². The third kappa shape index (κ3) is 2.60. The minimum Gasteiger partial charge on any atom is -0.438 e. The van der Waals surface area contributed by atoms with Crippen LogP contribution in [-0.4, -0.2) is 9.97 Å². The highest BCUT2D eigenvalue weighted by atomic mass is 127. The molecule has 1 heterocycles. The van der Waals surface area contributed by atoms with Gasteiger partial charge in [0, 0.05) is 9.26 Å². The van der Waals surface area contributed by atoms with Gasteiger partial charge in [-0.3, -0.25) is 0 Å². The Labute approximate surface area is 123 Å². The molecule has 0 fully saturated rings. The fourth-order valence-corrected chi connectivity index (χ4v) is 2.10. The quantitative estimate of drug-likeness (QED) is 0.558. The molecule has 94 valence electrons. The van der Waals surface area contributed by atoms with Crippen molar-refractivity contribution in [3.05, 3.63) is 52.4 Å². The number of halogens is 1. The summed E-state index contributed by atoms with van der Waals surface area (Å²) in [4.78, 5) is 8.36. The third-order valence-corrected chi connectivity index (χ3v) is 3.37. The largest absolute Gasteiger partial charge is 0.438 e. The van der Waals surface area contributed by atoms with Gasteiger partial charge in [-0.1, -0.05) is 0 Å². The second kappa shape index (κ2) is 5.00. The van der Waals surface area contributed by atoms with Crippen LogP contribution in [0.1, 0.15) is 0 Å². The van der Waals surface area contributed by atoms with Crippen LogP contribution in [0.2, 0.25) is 0 Å². The summed E-state index contributed by atoms with van der Waals surface area (Å²) in [5.74, 6) is 1.28. The highest BCUT2D eigenvalue weighted by molar-refractivity contribution is 14.1. The summed E-state index contributed by atoms with van der Waals surface area (Å²) in [6.07, 6.45) is 1.48. The molecule has 0 aliphatic heterocycles. The van der Waals surface area contributed by atoms with E-state index >= 15 is 0 Å². The molecule has 1 aromatic heterocycles. The van der Waals surface area contributed by atoms with E-state index in [0.717, 1.165) is 20.2 Å². The van der Waals surface area contributed by atoms with Crippen LogP contribution in [0.3, 0.4) is 0 Å². The lowest BCUT2D eigenvalue weighted by atomic mass is 10.2. The molecule has 3 aromatic rings. The number of benzene rings is 2. The minimum atomic E-state index is 0.534. The van der Waals surface area contributed by atoms with Gasteiger partial charge in [0.05, 0.1) is 10.9 Å². The second-order valence-electron chi connectivity index (χ2n) is 4.01. The molecule has 5 heteroatoms. The maximum absolute atomic E-state index is 5.79. The zero-order valence-corrected chi connectivity index (χ0v) is 12.0. The summed E-state index contributed by atoms with van der Waals surface area (Å²) < 4.78 is 6.95. The Balaban J connectivity index is 2.03. The van der Waals surface area contributed by atoms with E-state index in [1.165, 1.54) is 6.33 Å². The van der Waals surface area contributed by atoms with Crippen molar-refractivity contribution in [2.45, 2.75) is 0 Å². The smallest absolute Gasteiger partial charge is 0.230 e. The van der Waals surface area contributed by atoms with Gasteiger partial charge in [-0.2, -0.15) is 0 Å². The van der Waals surface area contributed by atoms with E-state index in [0.29, 0.717) is 11.6 Å². The molecule has 0 aliphatic carbocycles. The lowest BCUT2D eigenvalue weighted by molar-refractivity contribution is 0.468. The summed E-state index contributed by atoms with van der Waals surface area (Å²) in [6.45, 7) is 0. The summed E-state index contributed by atoms with van der Waals surface area (Å²) in [5.41, 5.74) is 7.19. The van der Waals surface area contributed by atoms with E-state index in [2.05, 4.69) is 32.6 Å². The Bertz CT molecular complexity index is 728. The minimum absolute atomic E-state index is 0.534. The Morgan fingerprint density at radius 1 is 1.00 bits per heavy atom. The van der Waals surface area contributed by atoms with Crippen LogP contribution in [0.15, 0.2) is 48.8 Å². The van der Waals surface area contributed by atoms with Gasteiger partial charge in [0.15, 0.2) is 0 Å².